The summed E-state index contributed by atoms with van der Waals surface area (Å²) < 4.78 is 4.81. The van der Waals surface area contributed by atoms with E-state index in [-0.39, 0.29) is 17.9 Å². The van der Waals surface area contributed by atoms with Gasteiger partial charge >= 0.3 is 5.97 Å². The van der Waals surface area contributed by atoms with Crippen molar-refractivity contribution in [1.82, 2.24) is 4.90 Å². The van der Waals surface area contributed by atoms with E-state index in [0.717, 1.165) is 18.7 Å². The number of fused-ring (bicyclic) bond motifs is 3. The lowest BCUT2D eigenvalue weighted by molar-refractivity contribution is 0.0215. The number of carbonyl (C=O) groups excluding carboxylic acids is 1. The van der Waals surface area contributed by atoms with Gasteiger partial charge < -0.3 is 4.74 Å². The number of ether oxygens (including phenoxy) is 1. The van der Waals surface area contributed by atoms with Gasteiger partial charge in [0, 0.05) is 18.2 Å². The highest BCUT2D eigenvalue weighted by atomic mass is 16.5. The Morgan fingerprint density at radius 2 is 1.48 bits per heavy atom. The third-order valence-electron chi connectivity index (χ3n) is 7.22. The molecule has 4 nitrogen and oxygen atoms in total. The number of aliphatic imine (C=N–C) groups is 1. The first kappa shape index (κ1) is 21.6. The van der Waals surface area contributed by atoms with Crippen molar-refractivity contribution in [1.29, 1.82) is 0 Å². The van der Waals surface area contributed by atoms with Crippen molar-refractivity contribution in [2.24, 2.45) is 10.9 Å². The minimum absolute atomic E-state index is 0.234. The Kier molecular flexibility index (Phi) is 6.36. The van der Waals surface area contributed by atoms with Crippen LogP contribution in [0.3, 0.4) is 0 Å². The normalized spacial score (nSPS) is 24.3. The highest BCUT2D eigenvalue weighted by Crippen LogP contribution is 2.43. The fraction of sp³-hybridized carbons (Fsp3) is 0.310. The molecule has 3 aromatic carbocycles. The largest absolute Gasteiger partial charge is 0.465 e. The van der Waals surface area contributed by atoms with Crippen molar-refractivity contribution >= 4 is 12.2 Å². The fourth-order valence-corrected chi connectivity index (χ4v) is 5.57. The lowest BCUT2D eigenvalue weighted by Gasteiger charge is -2.52. The number of nitrogens with zero attached hydrogens (tertiary/aromatic N) is 2. The molecular formula is C29H30N2O2. The molecule has 3 saturated heterocycles. The lowest BCUT2D eigenvalue weighted by atomic mass is 9.71. The zero-order chi connectivity index (χ0) is 22.6. The van der Waals surface area contributed by atoms with E-state index < -0.39 is 0 Å². The number of esters is 1. The van der Waals surface area contributed by atoms with Gasteiger partial charge in [-0.2, -0.15) is 0 Å². The number of methoxy groups -OCH3 is 1. The molecule has 4 heteroatoms. The zero-order valence-corrected chi connectivity index (χ0v) is 19.0. The number of carbonyl (C=O) groups is 1. The minimum Gasteiger partial charge on any atom is -0.465 e. The summed E-state index contributed by atoms with van der Waals surface area (Å²) in [6.45, 7) is 2.29. The molecule has 3 fully saturated rings. The summed E-state index contributed by atoms with van der Waals surface area (Å²) in [6, 6.07) is 29.8. The van der Waals surface area contributed by atoms with Gasteiger partial charge in [0.2, 0.25) is 0 Å². The molecule has 168 valence electrons. The highest BCUT2D eigenvalue weighted by molar-refractivity contribution is 5.90. The Hall–Kier alpha value is -3.24. The van der Waals surface area contributed by atoms with E-state index >= 15 is 0 Å². The van der Waals surface area contributed by atoms with E-state index in [1.807, 2.05) is 18.3 Å². The maximum absolute atomic E-state index is 11.7. The molecule has 6 rings (SSSR count). The standard InChI is InChI=1S/C29H30N2O2/c1-33-29(32)25-14-12-21(13-15-25)20-30-27-24-16-18-31(19-17-24)28(27)26(22-8-4-2-5-9-22)23-10-6-3-7-11-23/h2-15,20,24,26-28H,16-19H2,1H3/b30-20-. The highest BCUT2D eigenvalue weighted by Gasteiger charge is 2.46. The topological polar surface area (TPSA) is 41.9 Å². The quantitative estimate of drug-likeness (QED) is 0.393. The van der Waals surface area contributed by atoms with E-state index in [0.29, 0.717) is 17.5 Å². The second-order valence-corrected chi connectivity index (χ2v) is 9.05. The molecule has 33 heavy (non-hydrogen) atoms. The van der Waals surface area contributed by atoms with Crippen LogP contribution in [0.25, 0.3) is 0 Å². The molecule has 3 aliphatic rings. The molecule has 0 N–H and O–H groups in total. The predicted octanol–water partition coefficient (Wildman–Crippen LogP) is 5.19. The summed E-state index contributed by atoms with van der Waals surface area (Å²) in [4.78, 5) is 19.6. The van der Waals surface area contributed by atoms with E-state index in [1.54, 1.807) is 12.1 Å². The zero-order valence-electron chi connectivity index (χ0n) is 19.0. The summed E-state index contributed by atoms with van der Waals surface area (Å²) in [6.07, 6.45) is 4.40. The summed E-state index contributed by atoms with van der Waals surface area (Å²) >= 11 is 0. The van der Waals surface area contributed by atoms with Crippen molar-refractivity contribution < 1.29 is 9.53 Å². The Morgan fingerprint density at radius 3 is 2.03 bits per heavy atom. The molecule has 0 saturated carbocycles. The van der Waals surface area contributed by atoms with Crippen LogP contribution >= 0.6 is 0 Å². The molecule has 2 atom stereocenters. The van der Waals surface area contributed by atoms with Crippen LogP contribution in [0.1, 0.15) is 45.8 Å². The summed E-state index contributed by atoms with van der Waals surface area (Å²) in [5.74, 6) is 0.560. The molecule has 3 heterocycles. The number of rotatable bonds is 6. The number of hydrogen-bond donors (Lipinski definition) is 0. The third kappa shape index (κ3) is 4.49. The van der Waals surface area contributed by atoms with Crippen LogP contribution in [-0.2, 0) is 4.74 Å². The first-order valence-corrected chi connectivity index (χ1v) is 11.8. The number of benzene rings is 3. The minimum atomic E-state index is -0.315. The molecular weight excluding hydrogens is 408 g/mol. The fourth-order valence-electron chi connectivity index (χ4n) is 5.57. The first-order valence-electron chi connectivity index (χ1n) is 11.8. The molecule has 2 bridgehead atoms. The van der Waals surface area contributed by atoms with Crippen LogP contribution in [-0.4, -0.2) is 49.4 Å². The van der Waals surface area contributed by atoms with Crippen molar-refractivity contribution in [3.05, 3.63) is 107 Å². The van der Waals surface area contributed by atoms with Crippen LogP contribution < -0.4 is 0 Å². The molecule has 0 amide bonds. The van der Waals surface area contributed by atoms with Crippen LogP contribution in [0.2, 0.25) is 0 Å². The van der Waals surface area contributed by atoms with E-state index in [4.69, 9.17) is 9.73 Å². The van der Waals surface area contributed by atoms with Gasteiger partial charge in [-0.25, -0.2) is 4.79 Å². The Bertz CT molecular complexity index is 1050. The Morgan fingerprint density at radius 1 is 0.909 bits per heavy atom. The summed E-state index contributed by atoms with van der Waals surface area (Å²) in [5.41, 5.74) is 4.27. The van der Waals surface area contributed by atoms with Crippen LogP contribution in [0.4, 0.5) is 0 Å². The van der Waals surface area contributed by atoms with E-state index in [2.05, 4.69) is 65.6 Å². The maximum Gasteiger partial charge on any atom is 0.337 e. The Balaban J connectivity index is 1.49. The van der Waals surface area contributed by atoms with Crippen LogP contribution in [0.15, 0.2) is 89.9 Å². The summed E-state index contributed by atoms with van der Waals surface area (Å²) in [5, 5.41) is 0. The van der Waals surface area contributed by atoms with Crippen LogP contribution in [0, 0.1) is 5.92 Å². The van der Waals surface area contributed by atoms with Gasteiger partial charge in [0.25, 0.3) is 0 Å². The predicted molar refractivity (Wildman–Crippen MR) is 132 cm³/mol. The average Bonchev–Trinajstić information content (AvgIpc) is 2.90. The molecule has 2 unspecified atom stereocenters. The first-order chi connectivity index (χ1) is 16.2. The van der Waals surface area contributed by atoms with Gasteiger partial charge in [-0.1, -0.05) is 72.8 Å². The number of hydrogen-bond acceptors (Lipinski definition) is 4. The average molecular weight is 439 g/mol. The second kappa shape index (κ2) is 9.72. The van der Waals surface area contributed by atoms with E-state index in [1.165, 1.54) is 31.1 Å². The molecule has 0 aliphatic carbocycles. The van der Waals surface area contributed by atoms with Gasteiger partial charge in [-0.15, -0.1) is 0 Å². The molecule has 3 aromatic rings. The molecule has 0 radical (unpaired) electrons. The molecule has 0 aromatic heterocycles. The maximum atomic E-state index is 11.7. The van der Waals surface area contributed by atoms with E-state index in [9.17, 15) is 4.79 Å². The van der Waals surface area contributed by atoms with Gasteiger partial charge in [0.1, 0.15) is 0 Å². The van der Waals surface area contributed by atoms with Crippen molar-refractivity contribution in [2.45, 2.75) is 30.8 Å². The van der Waals surface area contributed by atoms with Crippen molar-refractivity contribution in [3.8, 4) is 0 Å². The van der Waals surface area contributed by atoms with Crippen molar-refractivity contribution in [2.75, 3.05) is 20.2 Å². The van der Waals surface area contributed by atoms with Gasteiger partial charge in [-0.3, -0.25) is 9.89 Å². The lowest BCUT2D eigenvalue weighted by Crippen LogP contribution is -2.59. The third-order valence-corrected chi connectivity index (χ3v) is 7.22. The SMILES string of the molecule is COC(=O)c1ccc(/C=N\C2C3CCN(CC3)C2C(c2ccccc2)c2ccccc2)cc1. The van der Waals surface area contributed by atoms with Gasteiger partial charge in [-0.05, 0) is 60.7 Å². The van der Waals surface area contributed by atoms with Gasteiger partial charge in [0.15, 0.2) is 0 Å². The monoisotopic (exact) mass is 438 g/mol. The van der Waals surface area contributed by atoms with Crippen molar-refractivity contribution in [3.63, 3.8) is 0 Å². The summed E-state index contributed by atoms with van der Waals surface area (Å²) in [7, 11) is 1.40. The smallest absolute Gasteiger partial charge is 0.337 e. The van der Waals surface area contributed by atoms with Crippen LogP contribution in [0.5, 0.6) is 0 Å². The molecule has 0 spiro atoms. The van der Waals surface area contributed by atoms with Gasteiger partial charge in [0.05, 0.1) is 18.7 Å². The second-order valence-electron chi connectivity index (χ2n) is 9.05. The molecule has 3 aliphatic heterocycles. The number of piperidine rings is 3. The Labute approximate surface area is 195 Å².